The molecule has 1 amide bonds. The lowest BCUT2D eigenvalue weighted by Gasteiger charge is -2.20. The first-order valence-corrected chi connectivity index (χ1v) is 9.04. The molecule has 0 unspecified atom stereocenters. The van der Waals surface area contributed by atoms with Crippen molar-refractivity contribution in [1.29, 1.82) is 5.41 Å². The molecule has 0 aliphatic carbocycles. The molecule has 2 aromatic carbocycles. The van der Waals surface area contributed by atoms with Gasteiger partial charge in [-0.15, -0.1) is 0 Å². The SMILES string of the molecule is N=C1/C(=C/c2cccc(Br)c2)C(=O)N=C2SC(c3ccccc3)=NN12. The highest BCUT2D eigenvalue weighted by Crippen LogP contribution is 2.30. The first-order chi connectivity index (χ1) is 12.1. The van der Waals surface area contributed by atoms with Gasteiger partial charge in [-0.05, 0) is 35.5 Å². The van der Waals surface area contributed by atoms with Crippen LogP contribution in [0, 0.1) is 5.41 Å². The summed E-state index contributed by atoms with van der Waals surface area (Å²) in [6, 6.07) is 17.2. The van der Waals surface area contributed by atoms with Gasteiger partial charge >= 0.3 is 0 Å². The second-order valence-corrected chi connectivity index (χ2v) is 7.22. The van der Waals surface area contributed by atoms with Crippen molar-refractivity contribution in [2.24, 2.45) is 10.1 Å². The minimum absolute atomic E-state index is 0.0356. The first kappa shape index (κ1) is 16.0. The summed E-state index contributed by atoms with van der Waals surface area (Å²) in [5.41, 5.74) is 1.98. The number of thioether (sulfide) groups is 1. The zero-order valence-electron chi connectivity index (χ0n) is 12.8. The number of aliphatic imine (C=N–C) groups is 1. The van der Waals surface area contributed by atoms with Crippen LogP contribution in [-0.2, 0) is 4.79 Å². The van der Waals surface area contributed by atoms with Gasteiger partial charge in [-0.2, -0.15) is 15.1 Å². The van der Waals surface area contributed by atoms with Crippen LogP contribution in [0.1, 0.15) is 11.1 Å². The zero-order chi connectivity index (χ0) is 17.4. The summed E-state index contributed by atoms with van der Waals surface area (Å²) >= 11 is 4.70. The lowest BCUT2D eigenvalue weighted by Crippen LogP contribution is -2.35. The van der Waals surface area contributed by atoms with E-state index in [4.69, 9.17) is 5.41 Å². The Hall–Kier alpha value is -2.51. The van der Waals surface area contributed by atoms with Gasteiger partial charge in [0.15, 0.2) is 5.84 Å². The highest BCUT2D eigenvalue weighted by molar-refractivity contribution is 9.10. The Morgan fingerprint density at radius 1 is 1.12 bits per heavy atom. The van der Waals surface area contributed by atoms with Crippen LogP contribution in [0.2, 0.25) is 0 Å². The van der Waals surface area contributed by atoms with Crippen LogP contribution in [0.5, 0.6) is 0 Å². The molecule has 0 aromatic heterocycles. The monoisotopic (exact) mass is 410 g/mol. The minimum Gasteiger partial charge on any atom is -0.282 e. The lowest BCUT2D eigenvalue weighted by atomic mass is 10.1. The van der Waals surface area contributed by atoms with E-state index in [2.05, 4.69) is 26.0 Å². The van der Waals surface area contributed by atoms with E-state index < -0.39 is 5.91 Å². The Labute approximate surface area is 156 Å². The molecule has 4 rings (SSSR count). The van der Waals surface area contributed by atoms with E-state index in [1.54, 1.807) is 6.08 Å². The highest BCUT2D eigenvalue weighted by atomic mass is 79.9. The topological polar surface area (TPSA) is 68.9 Å². The number of halogens is 1. The summed E-state index contributed by atoms with van der Waals surface area (Å²) in [4.78, 5) is 16.5. The van der Waals surface area contributed by atoms with Gasteiger partial charge in [-0.1, -0.05) is 58.4 Å². The van der Waals surface area contributed by atoms with E-state index in [1.807, 2.05) is 54.6 Å². The molecule has 2 aromatic rings. The van der Waals surface area contributed by atoms with Crippen molar-refractivity contribution in [1.82, 2.24) is 5.01 Å². The third-order valence-electron chi connectivity index (χ3n) is 3.63. The average Bonchev–Trinajstić information content (AvgIpc) is 3.04. The molecule has 5 nitrogen and oxygen atoms in total. The van der Waals surface area contributed by atoms with Crippen molar-refractivity contribution in [2.75, 3.05) is 0 Å². The summed E-state index contributed by atoms with van der Waals surface area (Å²) in [5.74, 6) is -0.387. The maximum Gasteiger partial charge on any atom is 0.283 e. The fourth-order valence-electron chi connectivity index (χ4n) is 2.45. The maximum absolute atomic E-state index is 12.4. The summed E-state index contributed by atoms with van der Waals surface area (Å²) in [7, 11) is 0. The number of hydrogen-bond donors (Lipinski definition) is 1. The van der Waals surface area contributed by atoms with Crippen LogP contribution in [-0.4, -0.2) is 27.0 Å². The van der Waals surface area contributed by atoms with Gasteiger partial charge in [-0.25, -0.2) is 0 Å². The summed E-state index contributed by atoms with van der Waals surface area (Å²) in [6.07, 6.45) is 1.66. The largest absolute Gasteiger partial charge is 0.283 e. The van der Waals surface area contributed by atoms with Crippen molar-refractivity contribution in [3.63, 3.8) is 0 Å². The highest BCUT2D eigenvalue weighted by Gasteiger charge is 2.35. The standard InChI is InChI=1S/C18H11BrN4OS/c19-13-8-4-5-11(9-13)10-14-15(20)23-18(21-16(14)24)25-17(22-23)12-6-2-1-3-7-12/h1-10,20H/b14-10-,20-15?. The van der Waals surface area contributed by atoms with Gasteiger partial charge in [0.1, 0.15) is 5.04 Å². The van der Waals surface area contributed by atoms with E-state index in [-0.39, 0.29) is 11.4 Å². The lowest BCUT2D eigenvalue weighted by molar-refractivity contribution is -0.114. The number of hydrazone groups is 1. The number of amidine groups is 2. The fourth-order valence-corrected chi connectivity index (χ4v) is 3.77. The number of benzene rings is 2. The zero-order valence-corrected chi connectivity index (χ0v) is 15.2. The third-order valence-corrected chi connectivity index (χ3v) is 5.09. The third kappa shape index (κ3) is 3.08. The van der Waals surface area contributed by atoms with E-state index in [9.17, 15) is 4.79 Å². The Balaban J connectivity index is 1.71. The Morgan fingerprint density at radius 2 is 1.92 bits per heavy atom. The van der Waals surface area contributed by atoms with Crippen LogP contribution in [0.25, 0.3) is 6.08 Å². The number of amides is 1. The van der Waals surface area contributed by atoms with Crippen LogP contribution < -0.4 is 0 Å². The van der Waals surface area contributed by atoms with Crippen molar-refractivity contribution in [3.05, 3.63) is 75.8 Å². The fraction of sp³-hybridized carbons (Fsp3) is 0. The van der Waals surface area contributed by atoms with Crippen LogP contribution in [0.3, 0.4) is 0 Å². The number of carbonyl (C=O) groups excluding carboxylic acids is 1. The molecule has 2 aliphatic heterocycles. The molecule has 0 radical (unpaired) electrons. The van der Waals surface area contributed by atoms with Crippen molar-refractivity contribution >= 4 is 55.7 Å². The first-order valence-electron chi connectivity index (χ1n) is 7.43. The number of carbonyl (C=O) groups is 1. The van der Waals surface area contributed by atoms with Crippen LogP contribution >= 0.6 is 27.7 Å². The van der Waals surface area contributed by atoms with Gasteiger partial charge in [0.2, 0.25) is 5.17 Å². The predicted octanol–water partition coefficient (Wildman–Crippen LogP) is 4.12. The second-order valence-electron chi connectivity index (χ2n) is 5.35. The predicted molar refractivity (Wildman–Crippen MR) is 105 cm³/mol. The van der Waals surface area contributed by atoms with Gasteiger partial charge in [0.05, 0.1) is 5.57 Å². The van der Waals surface area contributed by atoms with Crippen molar-refractivity contribution < 1.29 is 4.79 Å². The molecule has 0 spiro atoms. The number of fused-ring (bicyclic) bond motifs is 1. The van der Waals surface area contributed by atoms with Gasteiger partial charge in [0.25, 0.3) is 5.91 Å². The summed E-state index contributed by atoms with van der Waals surface area (Å²) in [5, 5.41) is 15.4. The molecule has 0 saturated carbocycles. The van der Waals surface area contributed by atoms with Crippen LogP contribution in [0.4, 0.5) is 0 Å². The van der Waals surface area contributed by atoms with E-state index in [0.717, 1.165) is 20.6 Å². The van der Waals surface area contributed by atoms with Crippen LogP contribution in [0.15, 0.2) is 74.7 Å². The number of nitrogens with one attached hydrogen (secondary N) is 1. The molecule has 1 N–H and O–H groups in total. The molecular formula is C18H11BrN4OS. The summed E-state index contributed by atoms with van der Waals surface area (Å²) < 4.78 is 0.905. The quantitative estimate of drug-likeness (QED) is 0.757. The Kier molecular flexibility index (Phi) is 4.10. The minimum atomic E-state index is -0.423. The maximum atomic E-state index is 12.4. The molecular weight excluding hydrogens is 400 g/mol. The second kappa shape index (κ2) is 6.42. The molecule has 25 heavy (non-hydrogen) atoms. The van der Waals surface area contributed by atoms with Gasteiger partial charge in [-0.3, -0.25) is 10.2 Å². The number of rotatable bonds is 2. The summed E-state index contributed by atoms with van der Waals surface area (Å²) in [6.45, 7) is 0. The van der Waals surface area contributed by atoms with E-state index >= 15 is 0 Å². The van der Waals surface area contributed by atoms with Gasteiger partial charge in [0, 0.05) is 10.0 Å². The van der Waals surface area contributed by atoms with Crippen molar-refractivity contribution in [3.8, 4) is 0 Å². The van der Waals surface area contributed by atoms with Crippen molar-refractivity contribution in [2.45, 2.75) is 0 Å². The van der Waals surface area contributed by atoms with E-state index in [1.165, 1.54) is 16.8 Å². The van der Waals surface area contributed by atoms with E-state index in [0.29, 0.717) is 5.17 Å². The smallest absolute Gasteiger partial charge is 0.282 e. The molecule has 2 heterocycles. The van der Waals surface area contributed by atoms with Gasteiger partial charge < -0.3 is 0 Å². The molecule has 0 atom stereocenters. The molecule has 0 bridgehead atoms. The average molecular weight is 411 g/mol. The molecule has 0 saturated heterocycles. The normalized spacial score (nSPS) is 18.3. The molecule has 0 fully saturated rings. The number of nitrogens with zero attached hydrogens (tertiary/aromatic N) is 3. The Bertz CT molecular complexity index is 982. The number of hydrogen-bond acceptors (Lipinski definition) is 4. The Morgan fingerprint density at radius 3 is 2.68 bits per heavy atom. The molecule has 7 heteroatoms. The molecule has 2 aliphatic rings. The molecule has 122 valence electrons.